The molecule has 0 amide bonds. The van der Waals surface area contributed by atoms with Crippen LogP contribution in [0.4, 0.5) is 0 Å². The van der Waals surface area contributed by atoms with Crippen molar-refractivity contribution in [1.82, 2.24) is 15.0 Å². The Morgan fingerprint density at radius 3 is 2.36 bits per heavy atom. The molecule has 33 heavy (non-hydrogen) atoms. The van der Waals surface area contributed by atoms with E-state index in [1.165, 1.54) is 0 Å². The molecule has 0 bridgehead atoms. The summed E-state index contributed by atoms with van der Waals surface area (Å²) in [5.74, 6) is 0.390. The van der Waals surface area contributed by atoms with E-state index in [0.717, 1.165) is 11.3 Å². The summed E-state index contributed by atoms with van der Waals surface area (Å²) in [6, 6.07) is 19.5. The van der Waals surface area contributed by atoms with E-state index in [0.29, 0.717) is 34.6 Å². The van der Waals surface area contributed by atoms with Crippen molar-refractivity contribution < 1.29 is 18.7 Å². The summed E-state index contributed by atoms with van der Waals surface area (Å²) in [6.45, 7) is 2.25. The zero-order valence-electron chi connectivity index (χ0n) is 18.0. The van der Waals surface area contributed by atoms with Crippen LogP contribution in [0.25, 0.3) is 0 Å². The number of carbonyl (C=O) groups is 2. The summed E-state index contributed by atoms with van der Waals surface area (Å²) in [4.78, 5) is 26.7. The van der Waals surface area contributed by atoms with Gasteiger partial charge in [0.2, 0.25) is 0 Å². The number of hydrogen-bond donors (Lipinski definition) is 0. The maximum absolute atomic E-state index is 13.6. The average Bonchev–Trinajstić information content (AvgIpc) is 3.53. The number of allylic oxidation sites excluding steroid dienone is 2. The lowest BCUT2D eigenvalue weighted by Crippen LogP contribution is -2.28. The molecule has 5 rings (SSSR count). The van der Waals surface area contributed by atoms with Crippen LogP contribution < -0.4 is 0 Å². The number of Topliss-reactive ketones (excluding diaryl/α,β-unsaturated/α-hetero) is 2. The molecule has 164 valence electrons. The maximum Gasteiger partial charge on any atom is 0.192 e. The number of hydrogen-bond acceptors (Lipinski definition) is 6. The summed E-state index contributed by atoms with van der Waals surface area (Å²) >= 11 is 0. The molecule has 7 nitrogen and oxygen atoms in total. The highest BCUT2D eigenvalue weighted by Crippen LogP contribution is 2.36. The van der Waals surface area contributed by atoms with Gasteiger partial charge >= 0.3 is 0 Å². The first-order valence-corrected chi connectivity index (χ1v) is 10.6. The fourth-order valence-electron chi connectivity index (χ4n) is 4.09. The highest BCUT2D eigenvalue weighted by Gasteiger charge is 2.36. The Morgan fingerprint density at radius 2 is 1.64 bits per heavy atom. The van der Waals surface area contributed by atoms with E-state index in [2.05, 4.69) is 10.3 Å². The quantitative estimate of drug-likeness (QED) is 0.419. The third-order valence-electron chi connectivity index (χ3n) is 5.69. The molecule has 7 heteroatoms. The van der Waals surface area contributed by atoms with Gasteiger partial charge in [0.1, 0.15) is 24.1 Å². The van der Waals surface area contributed by atoms with Crippen LogP contribution in [0.1, 0.15) is 50.7 Å². The topological polar surface area (TPSA) is 87.2 Å². The Balaban J connectivity index is 1.50. The first kappa shape index (κ1) is 20.8. The van der Waals surface area contributed by atoms with E-state index in [4.69, 9.17) is 9.15 Å². The second-order valence-electron chi connectivity index (χ2n) is 7.82. The highest BCUT2D eigenvalue weighted by atomic mass is 16.5. The summed E-state index contributed by atoms with van der Waals surface area (Å²) in [5.41, 5.74) is 3.10. The minimum absolute atomic E-state index is 0.150. The molecule has 0 aliphatic heterocycles. The lowest BCUT2D eigenvalue weighted by molar-refractivity contribution is 0.0905. The second kappa shape index (κ2) is 8.80. The molecular weight excluding hydrogens is 418 g/mol. The summed E-state index contributed by atoms with van der Waals surface area (Å²) in [5, 5.41) is 8.53. The Labute approximate surface area is 190 Å². The first-order chi connectivity index (χ1) is 16.1. The van der Waals surface area contributed by atoms with Crippen molar-refractivity contribution in [3.05, 3.63) is 118 Å². The van der Waals surface area contributed by atoms with Gasteiger partial charge in [-0.2, -0.15) is 0 Å². The molecule has 2 aromatic heterocycles. The number of nitrogens with zero attached hydrogens (tertiary/aromatic N) is 3. The number of carbonyl (C=O) groups excluding carboxylic acids is 2. The second-order valence-corrected chi connectivity index (χ2v) is 7.82. The molecule has 0 N–H and O–H groups in total. The molecule has 2 heterocycles. The molecule has 1 atom stereocenters. The third kappa shape index (κ3) is 3.94. The van der Waals surface area contributed by atoms with Crippen LogP contribution in [-0.2, 0) is 18.0 Å². The number of benzene rings is 2. The van der Waals surface area contributed by atoms with E-state index >= 15 is 0 Å². The molecule has 0 spiro atoms. The molecule has 1 aliphatic carbocycles. The third-order valence-corrected chi connectivity index (χ3v) is 5.69. The minimum Gasteiger partial charge on any atom is -0.467 e. The number of ether oxygens (including phenoxy) is 1. The standard InChI is InChI=1S/C26H21N3O4/c1-17-23(26(31)22-12-6-5-11-21(22)25(17)30)24(18-8-3-2-4-9-18)29-14-19(27-28-29)15-32-16-20-10-7-13-33-20/h2-14,24H,15-16H2,1H3. The Morgan fingerprint density at radius 1 is 0.909 bits per heavy atom. The van der Waals surface area contributed by atoms with E-state index in [-0.39, 0.29) is 18.2 Å². The van der Waals surface area contributed by atoms with E-state index in [1.807, 2.05) is 36.4 Å². The number of fused-ring (bicyclic) bond motifs is 1. The van der Waals surface area contributed by atoms with Crippen molar-refractivity contribution in [2.45, 2.75) is 26.2 Å². The smallest absolute Gasteiger partial charge is 0.192 e. The Bertz CT molecular complexity index is 1340. The van der Waals surface area contributed by atoms with Gasteiger partial charge in [-0.05, 0) is 24.6 Å². The van der Waals surface area contributed by atoms with Crippen LogP contribution in [0.15, 0.2) is 94.8 Å². The lowest BCUT2D eigenvalue weighted by Gasteiger charge is -2.26. The van der Waals surface area contributed by atoms with Gasteiger partial charge in [-0.1, -0.05) is 59.8 Å². The van der Waals surface area contributed by atoms with Crippen molar-refractivity contribution >= 4 is 11.6 Å². The van der Waals surface area contributed by atoms with Crippen molar-refractivity contribution in [3.8, 4) is 0 Å². The van der Waals surface area contributed by atoms with Gasteiger partial charge in [0.05, 0.1) is 19.1 Å². The van der Waals surface area contributed by atoms with Gasteiger partial charge in [0.25, 0.3) is 0 Å². The van der Waals surface area contributed by atoms with E-state index in [1.54, 1.807) is 54.4 Å². The maximum atomic E-state index is 13.6. The number of aromatic nitrogens is 3. The van der Waals surface area contributed by atoms with Crippen LogP contribution in [0.5, 0.6) is 0 Å². The van der Waals surface area contributed by atoms with Gasteiger partial charge in [0, 0.05) is 22.3 Å². The van der Waals surface area contributed by atoms with Gasteiger partial charge in [0.15, 0.2) is 11.6 Å². The van der Waals surface area contributed by atoms with E-state index in [9.17, 15) is 9.59 Å². The molecule has 0 radical (unpaired) electrons. The molecule has 4 aromatic rings. The largest absolute Gasteiger partial charge is 0.467 e. The van der Waals surface area contributed by atoms with E-state index < -0.39 is 6.04 Å². The monoisotopic (exact) mass is 439 g/mol. The molecular formula is C26H21N3O4. The zero-order valence-corrected chi connectivity index (χ0v) is 18.0. The van der Waals surface area contributed by atoms with Crippen molar-refractivity contribution in [1.29, 1.82) is 0 Å². The van der Waals surface area contributed by atoms with Gasteiger partial charge in [-0.15, -0.1) is 5.10 Å². The van der Waals surface area contributed by atoms with Crippen LogP contribution in [-0.4, -0.2) is 26.6 Å². The number of ketones is 2. The molecule has 1 aliphatic rings. The first-order valence-electron chi connectivity index (χ1n) is 10.6. The lowest BCUT2D eigenvalue weighted by atomic mass is 9.80. The molecule has 0 saturated heterocycles. The van der Waals surface area contributed by atoms with Gasteiger partial charge in [-0.3, -0.25) is 9.59 Å². The highest BCUT2D eigenvalue weighted by molar-refractivity contribution is 6.27. The summed E-state index contributed by atoms with van der Waals surface area (Å²) in [6.07, 6.45) is 3.34. The fraction of sp³-hybridized carbons (Fsp3) is 0.154. The molecule has 1 unspecified atom stereocenters. The number of furan rings is 1. The van der Waals surface area contributed by atoms with Crippen LogP contribution >= 0.6 is 0 Å². The van der Waals surface area contributed by atoms with Crippen molar-refractivity contribution in [2.75, 3.05) is 0 Å². The SMILES string of the molecule is CC1=C(C(c2ccccc2)n2cc(COCc3ccco3)nn2)C(=O)c2ccccc2C1=O. The average molecular weight is 439 g/mol. The van der Waals surface area contributed by atoms with Gasteiger partial charge in [-0.25, -0.2) is 4.68 Å². The van der Waals surface area contributed by atoms with Crippen molar-refractivity contribution in [3.63, 3.8) is 0 Å². The van der Waals surface area contributed by atoms with Gasteiger partial charge < -0.3 is 9.15 Å². The predicted octanol–water partition coefficient (Wildman–Crippen LogP) is 4.57. The molecule has 2 aromatic carbocycles. The minimum atomic E-state index is -0.595. The molecule has 0 saturated carbocycles. The zero-order chi connectivity index (χ0) is 22.8. The molecule has 0 fully saturated rings. The summed E-state index contributed by atoms with van der Waals surface area (Å²) in [7, 11) is 0. The Hall–Kier alpha value is -4.10. The number of rotatable bonds is 7. The van der Waals surface area contributed by atoms with Crippen molar-refractivity contribution in [2.24, 2.45) is 0 Å². The van der Waals surface area contributed by atoms with Crippen LogP contribution in [0.2, 0.25) is 0 Å². The van der Waals surface area contributed by atoms with Crippen LogP contribution in [0, 0.1) is 0 Å². The normalized spacial score (nSPS) is 14.5. The fourth-order valence-corrected chi connectivity index (χ4v) is 4.09. The Kier molecular flexibility index (Phi) is 5.54. The summed E-state index contributed by atoms with van der Waals surface area (Å²) < 4.78 is 12.6. The van der Waals surface area contributed by atoms with Crippen LogP contribution in [0.3, 0.4) is 0 Å². The predicted molar refractivity (Wildman–Crippen MR) is 120 cm³/mol.